The van der Waals surface area contributed by atoms with Gasteiger partial charge in [-0.1, -0.05) is 13.3 Å². The third kappa shape index (κ3) is 1.78. The van der Waals surface area contributed by atoms with E-state index < -0.39 is 0 Å². The van der Waals surface area contributed by atoms with Gasteiger partial charge in [-0.25, -0.2) is 0 Å². The van der Waals surface area contributed by atoms with E-state index in [1.54, 1.807) is 0 Å². The van der Waals surface area contributed by atoms with E-state index in [0.717, 1.165) is 44.8 Å². The second kappa shape index (κ2) is 4.30. The van der Waals surface area contributed by atoms with E-state index in [2.05, 4.69) is 17.1 Å². The van der Waals surface area contributed by atoms with Crippen LogP contribution in [-0.4, -0.2) is 36.5 Å². The molecule has 80 valence electrons. The normalized spacial score (nSPS) is 30.8. The number of likely N-dealkylation sites (tertiary alicyclic amines) is 1. The fourth-order valence-electron chi connectivity index (χ4n) is 2.63. The highest BCUT2D eigenvalue weighted by Crippen LogP contribution is 2.27. The average molecular weight is 196 g/mol. The summed E-state index contributed by atoms with van der Waals surface area (Å²) in [5.74, 6) is 1.11. The second-order valence-electron chi connectivity index (χ2n) is 4.47. The molecule has 2 atom stereocenters. The van der Waals surface area contributed by atoms with Crippen LogP contribution in [-0.2, 0) is 4.79 Å². The maximum Gasteiger partial charge on any atom is 0.222 e. The van der Waals surface area contributed by atoms with E-state index >= 15 is 0 Å². The van der Waals surface area contributed by atoms with E-state index in [4.69, 9.17) is 0 Å². The zero-order valence-corrected chi connectivity index (χ0v) is 8.96. The Balaban J connectivity index is 1.88. The van der Waals surface area contributed by atoms with E-state index in [0.29, 0.717) is 11.9 Å². The highest BCUT2D eigenvalue weighted by atomic mass is 16.2. The quantitative estimate of drug-likeness (QED) is 0.730. The molecule has 2 fully saturated rings. The van der Waals surface area contributed by atoms with Crippen LogP contribution in [0.25, 0.3) is 0 Å². The number of unbranched alkanes of at least 4 members (excludes halogenated alkanes) is 1. The van der Waals surface area contributed by atoms with Crippen molar-refractivity contribution in [3.8, 4) is 0 Å². The van der Waals surface area contributed by atoms with Crippen LogP contribution in [0.1, 0.15) is 32.6 Å². The van der Waals surface area contributed by atoms with Crippen molar-refractivity contribution >= 4 is 5.91 Å². The summed E-state index contributed by atoms with van der Waals surface area (Å²) < 4.78 is 0. The second-order valence-corrected chi connectivity index (χ2v) is 4.47. The Morgan fingerprint density at radius 2 is 2.36 bits per heavy atom. The first-order valence-corrected chi connectivity index (χ1v) is 5.83. The maximum absolute atomic E-state index is 11.8. The fraction of sp³-hybridized carbons (Fsp3) is 0.909. The Kier molecular flexibility index (Phi) is 3.06. The molecule has 0 aromatic carbocycles. The van der Waals surface area contributed by atoms with Crippen molar-refractivity contribution in [1.29, 1.82) is 0 Å². The van der Waals surface area contributed by atoms with Crippen molar-refractivity contribution in [2.24, 2.45) is 5.92 Å². The Hall–Kier alpha value is -0.570. The summed E-state index contributed by atoms with van der Waals surface area (Å²) in [4.78, 5) is 14.0. The van der Waals surface area contributed by atoms with Crippen molar-refractivity contribution in [3.05, 3.63) is 0 Å². The Morgan fingerprint density at radius 1 is 1.50 bits per heavy atom. The molecule has 3 nitrogen and oxygen atoms in total. The van der Waals surface area contributed by atoms with Gasteiger partial charge in [-0.05, 0) is 18.8 Å². The summed E-state index contributed by atoms with van der Waals surface area (Å²) in [6.45, 7) is 5.27. The van der Waals surface area contributed by atoms with Crippen LogP contribution in [0, 0.1) is 5.92 Å². The minimum atomic E-state index is 0.378. The van der Waals surface area contributed by atoms with Gasteiger partial charge in [0.05, 0.1) is 0 Å². The number of carbonyl (C=O) groups is 1. The fourth-order valence-corrected chi connectivity index (χ4v) is 2.63. The number of fused-ring (bicyclic) bond motifs is 1. The first kappa shape index (κ1) is 9.97. The molecule has 2 heterocycles. The van der Waals surface area contributed by atoms with Gasteiger partial charge < -0.3 is 10.2 Å². The molecular formula is C11H20N2O. The van der Waals surface area contributed by atoms with Gasteiger partial charge in [0.15, 0.2) is 0 Å². The molecule has 1 amide bonds. The van der Waals surface area contributed by atoms with Gasteiger partial charge in [-0.15, -0.1) is 0 Å². The third-order valence-corrected chi connectivity index (χ3v) is 3.51. The SMILES string of the molecule is CCCCC(=O)N1CC[C@H]2CNC[C@H]21. The van der Waals surface area contributed by atoms with Crippen LogP contribution < -0.4 is 5.32 Å². The standard InChI is InChI=1S/C11H20N2O/c1-2-3-4-11(14)13-6-5-9-7-12-8-10(9)13/h9-10,12H,2-8H2,1H3/t9-,10+/m0/s1. The average Bonchev–Trinajstić information content (AvgIpc) is 2.74. The Morgan fingerprint density at radius 3 is 3.14 bits per heavy atom. The number of carbonyl (C=O) groups excluding carboxylic acids is 1. The first-order valence-electron chi connectivity index (χ1n) is 5.83. The molecule has 0 radical (unpaired) electrons. The van der Waals surface area contributed by atoms with Crippen LogP contribution >= 0.6 is 0 Å². The van der Waals surface area contributed by atoms with Crippen LogP contribution in [0.3, 0.4) is 0 Å². The molecular weight excluding hydrogens is 176 g/mol. The molecule has 0 aromatic rings. The summed E-state index contributed by atoms with van der Waals surface area (Å²) in [5.41, 5.74) is 0. The molecule has 0 aromatic heterocycles. The molecule has 3 heteroatoms. The lowest BCUT2D eigenvalue weighted by Crippen LogP contribution is -2.38. The molecule has 1 N–H and O–H groups in total. The van der Waals surface area contributed by atoms with Gasteiger partial charge >= 0.3 is 0 Å². The molecule has 0 spiro atoms. The predicted molar refractivity (Wildman–Crippen MR) is 56.0 cm³/mol. The molecule has 2 rings (SSSR count). The highest BCUT2D eigenvalue weighted by molar-refractivity contribution is 5.77. The van der Waals surface area contributed by atoms with E-state index in [9.17, 15) is 4.79 Å². The van der Waals surface area contributed by atoms with E-state index in [1.165, 1.54) is 6.42 Å². The largest absolute Gasteiger partial charge is 0.338 e. The van der Waals surface area contributed by atoms with Crippen molar-refractivity contribution in [1.82, 2.24) is 10.2 Å². The lowest BCUT2D eigenvalue weighted by Gasteiger charge is -2.23. The van der Waals surface area contributed by atoms with Crippen LogP contribution in [0.2, 0.25) is 0 Å². The molecule has 2 saturated heterocycles. The van der Waals surface area contributed by atoms with Gasteiger partial charge in [-0.2, -0.15) is 0 Å². The van der Waals surface area contributed by atoms with E-state index in [1.807, 2.05) is 0 Å². The number of hydrogen-bond donors (Lipinski definition) is 1. The summed E-state index contributed by atoms with van der Waals surface area (Å²) in [6.07, 6.45) is 4.11. The van der Waals surface area contributed by atoms with Crippen LogP contribution in [0.15, 0.2) is 0 Å². The summed E-state index contributed by atoms with van der Waals surface area (Å²) in [6, 6.07) is 0.513. The number of nitrogens with zero attached hydrogens (tertiary/aromatic N) is 1. The van der Waals surface area contributed by atoms with Crippen molar-refractivity contribution in [2.45, 2.75) is 38.6 Å². The van der Waals surface area contributed by atoms with Gasteiger partial charge in [0.1, 0.15) is 0 Å². The molecule has 0 unspecified atom stereocenters. The van der Waals surface area contributed by atoms with E-state index in [-0.39, 0.29) is 0 Å². The van der Waals surface area contributed by atoms with Crippen molar-refractivity contribution in [2.75, 3.05) is 19.6 Å². The summed E-state index contributed by atoms with van der Waals surface area (Å²) in [7, 11) is 0. The van der Waals surface area contributed by atoms with Gasteiger partial charge in [-0.3, -0.25) is 4.79 Å². The minimum Gasteiger partial charge on any atom is -0.338 e. The summed E-state index contributed by atoms with van der Waals surface area (Å²) >= 11 is 0. The van der Waals surface area contributed by atoms with Crippen molar-refractivity contribution < 1.29 is 4.79 Å². The Labute approximate surface area is 85.8 Å². The minimum absolute atomic E-state index is 0.378. The number of amides is 1. The topological polar surface area (TPSA) is 32.3 Å². The maximum atomic E-state index is 11.8. The number of rotatable bonds is 3. The smallest absolute Gasteiger partial charge is 0.222 e. The number of nitrogens with one attached hydrogen (secondary N) is 1. The highest BCUT2D eigenvalue weighted by Gasteiger charge is 2.39. The summed E-state index contributed by atoms with van der Waals surface area (Å²) in [5, 5.41) is 3.37. The van der Waals surface area contributed by atoms with Gasteiger partial charge in [0.25, 0.3) is 0 Å². The molecule has 0 aliphatic carbocycles. The molecule has 0 bridgehead atoms. The zero-order chi connectivity index (χ0) is 9.97. The van der Waals surface area contributed by atoms with Crippen molar-refractivity contribution in [3.63, 3.8) is 0 Å². The van der Waals surface area contributed by atoms with Crippen LogP contribution in [0.4, 0.5) is 0 Å². The zero-order valence-electron chi connectivity index (χ0n) is 8.96. The molecule has 14 heavy (non-hydrogen) atoms. The predicted octanol–water partition coefficient (Wildman–Crippen LogP) is 0.997. The monoisotopic (exact) mass is 196 g/mol. The molecule has 2 aliphatic rings. The first-order chi connectivity index (χ1) is 6.83. The lowest BCUT2D eigenvalue weighted by atomic mass is 10.1. The molecule has 0 saturated carbocycles. The van der Waals surface area contributed by atoms with Gasteiger partial charge in [0.2, 0.25) is 5.91 Å². The third-order valence-electron chi connectivity index (χ3n) is 3.51. The van der Waals surface area contributed by atoms with Gasteiger partial charge in [0, 0.05) is 32.1 Å². The Bertz CT molecular complexity index is 217. The number of hydrogen-bond acceptors (Lipinski definition) is 2. The molecule has 2 aliphatic heterocycles. The van der Waals surface area contributed by atoms with Crippen LogP contribution in [0.5, 0.6) is 0 Å². The lowest BCUT2D eigenvalue weighted by molar-refractivity contribution is -0.132.